The normalized spacial score (nSPS) is 13.1. The number of nitrogens with one attached hydrogen (secondary N) is 1. The molecule has 0 spiro atoms. The molecule has 1 unspecified atom stereocenters. The molecule has 0 radical (unpaired) electrons. The number of ether oxygens (including phenoxy) is 1. The van der Waals surface area contributed by atoms with Gasteiger partial charge in [-0.3, -0.25) is 5.32 Å². The third-order valence-electron chi connectivity index (χ3n) is 5.19. The zero-order valence-electron chi connectivity index (χ0n) is 22.2. The van der Waals surface area contributed by atoms with Gasteiger partial charge >= 0.3 is 18.4 Å². The second kappa shape index (κ2) is 12.1. The summed E-state index contributed by atoms with van der Waals surface area (Å²) in [5.74, 6) is -4.41. The van der Waals surface area contributed by atoms with Crippen LogP contribution in [0.3, 0.4) is 0 Å². The third kappa shape index (κ3) is 8.14. The van der Waals surface area contributed by atoms with Crippen molar-refractivity contribution in [2.24, 2.45) is 0 Å². The Morgan fingerprint density at radius 2 is 1.61 bits per heavy atom. The SMILES string of the molecule is C=CCCc1nnc(-c2nc(-c3nnc(C(CCC=C)C(F)(F)F)o3)c(NC(=O)OC(C)(C)C)cc2C(F)(F)F)o1. The number of hydrogen-bond donors (Lipinski definition) is 1. The van der Waals surface area contributed by atoms with Crippen molar-refractivity contribution in [1.82, 2.24) is 25.4 Å². The zero-order valence-corrected chi connectivity index (χ0v) is 22.2. The Kier molecular flexibility index (Phi) is 9.23. The molecule has 10 nitrogen and oxygen atoms in total. The highest BCUT2D eigenvalue weighted by molar-refractivity contribution is 5.90. The summed E-state index contributed by atoms with van der Waals surface area (Å²) in [6.07, 6.45) is -8.14. The van der Waals surface area contributed by atoms with Gasteiger partial charge in [-0.25, -0.2) is 9.78 Å². The highest BCUT2D eigenvalue weighted by atomic mass is 19.4. The lowest BCUT2D eigenvalue weighted by Gasteiger charge is -2.21. The molecule has 3 aromatic rings. The smallest absolute Gasteiger partial charge is 0.418 e. The average molecular weight is 589 g/mol. The van der Waals surface area contributed by atoms with E-state index in [0.29, 0.717) is 12.5 Å². The van der Waals surface area contributed by atoms with Gasteiger partial charge in [-0.2, -0.15) is 26.3 Å². The predicted octanol–water partition coefficient (Wildman–Crippen LogP) is 7.28. The maximum atomic E-state index is 14.2. The van der Waals surface area contributed by atoms with E-state index in [4.69, 9.17) is 13.6 Å². The third-order valence-corrected chi connectivity index (χ3v) is 5.19. The summed E-state index contributed by atoms with van der Waals surface area (Å²) in [5, 5.41) is 16.5. The number of rotatable bonds is 10. The first-order chi connectivity index (χ1) is 19.0. The minimum atomic E-state index is -5.05. The molecule has 0 aliphatic heterocycles. The molecule has 3 rings (SSSR count). The lowest BCUT2D eigenvalue weighted by Crippen LogP contribution is -2.27. The number of carbonyl (C=O) groups excluding carboxylic acids is 1. The Labute approximate surface area is 229 Å². The van der Waals surface area contributed by atoms with Crippen molar-refractivity contribution in [3.8, 4) is 23.2 Å². The Balaban J connectivity index is 2.21. The zero-order chi connectivity index (χ0) is 30.6. The van der Waals surface area contributed by atoms with Gasteiger partial charge < -0.3 is 13.6 Å². The van der Waals surface area contributed by atoms with E-state index in [1.54, 1.807) is 0 Å². The minimum Gasteiger partial charge on any atom is -0.444 e. The van der Waals surface area contributed by atoms with Gasteiger partial charge in [0, 0.05) is 6.42 Å². The van der Waals surface area contributed by atoms with Crippen LogP contribution in [0.2, 0.25) is 0 Å². The monoisotopic (exact) mass is 588 g/mol. The molecule has 1 atom stereocenters. The van der Waals surface area contributed by atoms with Gasteiger partial charge in [0.1, 0.15) is 17.2 Å². The molecular formula is C25H26F6N6O4. The Morgan fingerprint density at radius 1 is 0.976 bits per heavy atom. The van der Waals surface area contributed by atoms with Crippen LogP contribution in [0.15, 0.2) is 40.2 Å². The first-order valence-electron chi connectivity index (χ1n) is 12.1. The van der Waals surface area contributed by atoms with Gasteiger partial charge in [-0.1, -0.05) is 12.2 Å². The van der Waals surface area contributed by atoms with E-state index in [1.807, 2.05) is 0 Å². The number of nitrogens with zero attached hydrogens (tertiary/aromatic N) is 5. The van der Waals surface area contributed by atoms with E-state index in [9.17, 15) is 31.1 Å². The van der Waals surface area contributed by atoms with Crippen molar-refractivity contribution in [3.05, 3.63) is 48.7 Å². The van der Waals surface area contributed by atoms with Crippen molar-refractivity contribution >= 4 is 11.8 Å². The minimum absolute atomic E-state index is 0.0114. The van der Waals surface area contributed by atoms with Crippen molar-refractivity contribution < 1.29 is 44.7 Å². The molecule has 222 valence electrons. The Bertz CT molecular complexity index is 1390. The first kappa shape index (κ1) is 31.3. The molecule has 0 fully saturated rings. The number of halogens is 6. The fourth-order valence-electron chi connectivity index (χ4n) is 3.42. The lowest BCUT2D eigenvalue weighted by atomic mass is 10.0. The number of alkyl halides is 6. The summed E-state index contributed by atoms with van der Waals surface area (Å²) >= 11 is 0. The van der Waals surface area contributed by atoms with Crippen molar-refractivity contribution in [3.63, 3.8) is 0 Å². The summed E-state index contributed by atoms with van der Waals surface area (Å²) in [6.45, 7) is 11.5. The van der Waals surface area contributed by atoms with Crippen LogP contribution in [-0.2, 0) is 17.3 Å². The average Bonchev–Trinajstić information content (AvgIpc) is 3.50. The van der Waals surface area contributed by atoms with Crippen LogP contribution < -0.4 is 5.32 Å². The van der Waals surface area contributed by atoms with Crippen LogP contribution in [-0.4, -0.2) is 43.2 Å². The van der Waals surface area contributed by atoms with Crippen molar-refractivity contribution in [2.45, 2.75) is 70.3 Å². The number of aromatic nitrogens is 5. The number of carbonyl (C=O) groups is 1. The number of hydrogen-bond acceptors (Lipinski definition) is 9. The van der Waals surface area contributed by atoms with Crippen LogP contribution >= 0.6 is 0 Å². The molecule has 0 aliphatic carbocycles. The highest BCUT2D eigenvalue weighted by Gasteiger charge is 2.44. The molecule has 3 heterocycles. The van der Waals surface area contributed by atoms with Gasteiger partial charge in [-0.05, 0) is 46.1 Å². The molecule has 3 aromatic heterocycles. The second-order valence-electron chi connectivity index (χ2n) is 9.64. The molecule has 0 aromatic carbocycles. The largest absolute Gasteiger partial charge is 0.444 e. The van der Waals surface area contributed by atoms with Gasteiger partial charge in [0.05, 0.1) is 11.3 Å². The predicted molar refractivity (Wildman–Crippen MR) is 132 cm³/mol. The van der Waals surface area contributed by atoms with E-state index in [-0.39, 0.29) is 18.7 Å². The van der Waals surface area contributed by atoms with Gasteiger partial charge in [-0.15, -0.1) is 33.6 Å². The van der Waals surface area contributed by atoms with E-state index >= 15 is 0 Å². The molecule has 0 aliphatic rings. The van der Waals surface area contributed by atoms with Crippen molar-refractivity contribution in [1.29, 1.82) is 0 Å². The molecular weight excluding hydrogens is 562 g/mol. The Morgan fingerprint density at radius 3 is 2.20 bits per heavy atom. The molecule has 1 amide bonds. The summed E-state index contributed by atoms with van der Waals surface area (Å²) in [6, 6.07) is 0.484. The summed E-state index contributed by atoms with van der Waals surface area (Å²) in [7, 11) is 0. The molecule has 0 saturated carbocycles. The molecule has 0 saturated heterocycles. The van der Waals surface area contributed by atoms with Crippen LogP contribution in [0.1, 0.15) is 63.3 Å². The first-order valence-corrected chi connectivity index (χ1v) is 12.1. The molecule has 16 heteroatoms. The maximum absolute atomic E-state index is 14.2. The highest BCUT2D eigenvalue weighted by Crippen LogP contribution is 2.42. The van der Waals surface area contributed by atoms with Crippen LogP contribution in [0.5, 0.6) is 0 Å². The maximum Gasteiger partial charge on any atom is 0.418 e. The fourth-order valence-corrected chi connectivity index (χ4v) is 3.42. The van der Waals surface area contributed by atoms with E-state index in [1.165, 1.54) is 32.9 Å². The number of amides is 1. The summed E-state index contributed by atoms with van der Waals surface area (Å²) in [4.78, 5) is 16.4. The topological polar surface area (TPSA) is 129 Å². The van der Waals surface area contributed by atoms with Gasteiger partial charge in [0.15, 0.2) is 5.69 Å². The lowest BCUT2D eigenvalue weighted by molar-refractivity contribution is -0.156. The fraction of sp³-hybridized carbons (Fsp3) is 0.440. The van der Waals surface area contributed by atoms with Crippen LogP contribution in [0.4, 0.5) is 36.8 Å². The number of anilines is 1. The second-order valence-corrected chi connectivity index (χ2v) is 9.64. The van der Waals surface area contributed by atoms with Gasteiger partial charge in [0.2, 0.25) is 11.8 Å². The summed E-state index contributed by atoms with van der Waals surface area (Å²) in [5.41, 5.74) is -4.54. The number of allylic oxidation sites excluding steroid dienone is 2. The van der Waals surface area contributed by atoms with Crippen molar-refractivity contribution in [2.75, 3.05) is 5.32 Å². The van der Waals surface area contributed by atoms with Crippen LogP contribution in [0, 0.1) is 0 Å². The molecule has 41 heavy (non-hydrogen) atoms. The number of aryl methyl sites for hydroxylation is 1. The van der Waals surface area contributed by atoms with E-state index < -0.39 is 76.7 Å². The van der Waals surface area contributed by atoms with E-state index in [2.05, 4.69) is 43.9 Å². The number of pyridine rings is 1. The summed E-state index contributed by atoms with van der Waals surface area (Å²) < 4.78 is 99.3. The standard InChI is InChI=1S/C25H26F6N6O4/c1-6-8-10-13(24(26,27)28)19-35-37-21(40-19)18-15(32-22(38)41-23(3,4)5)12-14(25(29,30)31)17(33-18)20-36-34-16(39-20)11-9-7-2/h6-7,12-13H,1-2,8-11H2,3-5H3,(H,32,38). The molecule has 0 bridgehead atoms. The van der Waals surface area contributed by atoms with Gasteiger partial charge in [0.25, 0.3) is 11.8 Å². The Hall–Kier alpha value is -4.24. The van der Waals surface area contributed by atoms with E-state index in [0.717, 1.165) is 0 Å². The quantitative estimate of drug-likeness (QED) is 0.192. The van der Waals surface area contributed by atoms with Crippen LogP contribution in [0.25, 0.3) is 23.2 Å². The molecule has 1 N–H and O–H groups in total.